The second-order valence-corrected chi connectivity index (χ2v) is 5.26. The quantitative estimate of drug-likeness (QED) is 0.793. The summed E-state index contributed by atoms with van der Waals surface area (Å²) < 4.78 is 5.74. The summed E-state index contributed by atoms with van der Waals surface area (Å²) in [6.45, 7) is 4.00. The molecule has 2 aromatic carbocycles. The Morgan fingerprint density at radius 2 is 1.64 bits per heavy atom. The third-order valence-corrected chi connectivity index (χ3v) is 3.33. The van der Waals surface area contributed by atoms with Crippen LogP contribution in [-0.4, -0.2) is 17.1 Å². The molecule has 0 fully saturated rings. The van der Waals surface area contributed by atoms with Crippen LogP contribution in [0.3, 0.4) is 0 Å². The second kappa shape index (κ2) is 7.50. The zero-order chi connectivity index (χ0) is 15.9. The number of aryl methyl sites for hydroxylation is 1. The molecule has 0 aromatic heterocycles. The van der Waals surface area contributed by atoms with Crippen molar-refractivity contribution in [2.24, 2.45) is 0 Å². The van der Waals surface area contributed by atoms with Crippen molar-refractivity contribution < 1.29 is 14.6 Å². The number of carboxylic acids is 1. The molecule has 4 nitrogen and oxygen atoms in total. The van der Waals surface area contributed by atoms with Gasteiger partial charge in [-0.05, 0) is 49.7 Å². The molecule has 0 heterocycles. The van der Waals surface area contributed by atoms with Crippen molar-refractivity contribution in [3.63, 3.8) is 0 Å². The van der Waals surface area contributed by atoms with Crippen LogP contribution in [0, 0.1) is 6.92 Å². The Labute approximate surface area is 130 Å². The summed E-state index contributed by atoms with van der Waals surface area (Å²) in [6, 6.07) is 14.6. The van der Waals surface area contributed by atoms with Crippen LogP contribution >= 0.6 is 0 Å². The minimum Gasteiger partial charge on any atom is -0.480 e. The lowest BCUT2D eigenvalue weighted by atomic mass is 10.1. The molecular weight excluding hydrogens is 278 g/mol. The summed E-state index contributed by atoms with van der Waals surface area (Å²) in [5.41, 5.74) is 1.96. The van der Waals surface area contributed by atoms with Crippen molar-refractivity contribution in [3.05, 3.63) is 54.1 Å². The van der Waals surface area contributed by atoms with Crippen molar-refractivity contribution in [1.82, 2.24) is 0 Å². The zero-order valence-corrected chi connectivity index (χ0v) is 12.9. The van der Waals surface area contributed by atoms with Crippen LogP contribution in [0.4, 0.5) is 5.69 Å². The van der Waals surface area contributed by atoms with Crippen LogP contribution in [0.2, 0.25) is 0 Å². The van der Waals surface area contributed by atoms with E-state index in [2.05, 4.69) is 5.32 Å². The topological polar surface area (TPSA) is 58.6 Å². The highest BCUT2D eigenvalue weighted by molar-refractivity contribution is 5.77. The lowest BCUT2D eigenvalue weighted by Crippen LogP contribution is -2.28. The number of anilines is 1. The Bertz CT molecular complexity index is 605. The molecule has 0 unspecified atom stereocenters. The fourth-order valence-electron chi connectivity index (χ4n) is 2.11. The molecule has 0 aliphatic heterocycles. The van der Waals surface area contributed by atoms with Gasteiger partial charge in [-0.1, -0.05) is 31.0 Å². The Morgan fingerprint density at radius 3 is 2.14 bits per heavy atom. The van der Waals surface area contributed by atoms with Crippen molar-refractivity contribution in [2.75, 3.05) is 5.32 Å². The molecule has 0 aliphatic carbocycles. The SMILES string of the molecule is CCC[C@H](Nc1ccc(Oc2ccc(C)cc2)cc1)C(=O)O. The van der Waals surface area contributed by atoms with E-state index in [1.54, 1.807) is 0 Å². The van der Waals surface area contributed by atoms with Crippen LogP contribution < -0.4 is 10.1 Å². The minimum atomic E-state index is -0.832. The molecule has 0 radical (unpaired) electrons. The molecule has 0 bridgehead atoms. The van der Waals surface area contributed by atoms with E-state index in [0.717, 1.165) is 23.6 Å². The van der Waals surface area contributed by atoms with Crippen LogP contribution in [-0.2, 0) is 4.79 Å². The molecule has 0 aliphatic rings. The van der Waals surface area contributed by atoms with E-state index in [1.807, 2.05) is 62.4 Å². The zero-order valence-electron chi connectivity index (χ0n) is 12.9. The molecule has 0 amide bonds. The third-order valence-electron chi connectivity index (χ3n) is 3.33. The molecular formula is C18H21NO3. The van der Waals surface area contributed by atoms with E-state index in [1.165, 1.54) is 5.56 Å². The smallest absolute Gasteiger partial charge is 0.326 e. The number of nitrogens with one attached hydrogen (secondary N) is 1. The predicted octanol–water partition coefficient (Wildman–Crippen LogP) is 4.45. The minimum absolute atomic E-state index is 0.561. The maximum Gasteiger partial charge on any atom is 0.326 e. The summed E-state index contributed by atoms with van der Waals surface area (Å²) in [6.07, 6.45) is 1.41. The van der Waals surface area contributed by atoms with Gasteiger partial charge in [0.15, 0.2) is 0 Å². The maximum atomic E-state index is 11.1. The van der Waals surface area contributed by atoms with Crippen LogP contribution in [0.25, 0.3) is 0 Å². The maximum absolute atomic E-state index is 11.1. The molecule has 116 valence electrons. The molecule has 2 rings (SSSR count). The average molecular weight is 299 g/mol. The molecule has 1 atom stereocenters. The van der Waals surface area contributed by atoms with Gasteiger partial charge >= 0.3 is 5.97 Å². The predicted molar refractivity (Wildman–Crippen MR) is 87.6 cm³/mol. The number of rotatable bonds is 7. The number of carboxylic acid groups (broad SMARTS) is 1. The van der Waals surface area contributed by atoms with Gasteiger partial charge in [0.1, 0.15) is 17.5 Å². The molecule has 2 N–H and O–H groups in total. The lowest BCUT2D eigenvalue weighted by molar-refractivity contribution is -0.138. The first-order chi connectivity index (χ1) is 10.6. The van der Waals surface area contributed by atoms with E-state index in [0.29, 0.717) is 6.42 Å². The van der Waals surface area contributed by atoms with E-state index in [9.17, 15) is 4.79 Å². The van der Waals surface area contributed by atoms with E-state index >= 15 is 0 Å². The van der Waals surface area contributed by atoms with Gasteiger partial charge in [-0.3, -0.25) is 0 Å². The number of benzene rings is 2. The van der Waals surface area contributed by atoms with Crippen LogP contribution in [0.15, 0.2) is 48.5 Å². The summed E-state index contributed by atoms with van der Waals surface area (Å²) in [5.74, 6) is 0.666. The van der Waals surface area contributed by atoms with Gasteiger partial charge in [-0.25, -0.2) is 4.79 Å². The largest absolute Gasteiger partial charge is 0.480 e. The first-order valence-electron chi connectivity index (χ1n) is 7.42. The lowest BCUT2D eigenvalue weighted by Gasteiger charge is -2.15. The van der Waals surface area contributed by atoms with Crippen molar-refractivity contribution in [3.8, 4) is 11.5 Å². The first kappa shape index (κ1) is 15.9. The van der Waals surface area contributed by atoms with E-state index < -0.39 is 12.0 Å². The van der Waals surface area contributed by atoms with Gasteiger partial charge in [-0.2, -0.15) is 0 Å². The van der Waals surface area contributed by atoms with Crippen LogP contribution in [0.5, 0.6) is 11.5 Å². The number of hydrogen-bond donors (Lipinski definition) is 2. The van der Waals surface area contributed by atoms with Gasteiger partial charge < -0.3 is 15.2 Å². The second-order valence-electron chi connectivity index (χ2n) is 5.26. The number of hydrogen-bond acceptors (Lipinski definition) is 3. The fourth-order valence-corrected chi connectivity index (χ4v) is 2.11. The van der Waals surface area contributed by atoms with Gasteiger partial charge in [0, 0.05) is 5.69 Å². The fraction of sp³-hybridized carbons (Fsp3) is 0.278. The summed E-state index contributed by atoms with van der Waals surface area (Å²) >= 11 is 0. The van der Waals surface area contributed by atoms with Crippen LogP contribution in [0.1, 0.15) is 25.3 Å². The molecule has 4 heteroatoms. The summed E-state index contributed by atoms with van der Waals surface area (Å²) in [7, 11) is 0. The Hall–Kier alpha value is -2.49. The van der Waals surface area contributed by atoms with E-state index in [4.69, 9.17) is 9.84 Å². The highest BCUT2D eigenvalue weighted by Crippen LogP contribution is 2.23. The van der Waals surface area contributed by atoms with Crippen molar-refractivity contribution >= 4 is 11.7 Å². The van der Waals surface area contributed by atoms with Crippen molar-refractivity contribution in [2.45, 2.75) is 32.7 Å². The van der Waals surface area contributed by atoms with Crippen molar-refractivity contribution in [1.29, 1.82) is 0 Å². The van der Waals surface area contributed by atoms with E-state index in [-0.39, 0.29) is 0 Å². The molecule has 0 saturated heterocycles. The number of ether oxygens (including phenoxy) is 1. The van der Waals surface area contributed by atoms with Gasteiger partial charge in [0.25, 0.3) is 0 Å². The monoisotopic (exact) mass is 299 g/mol. The Balaban J connectivity index is 2.00. The molecule has 0 saturated carbocycles. The number of carbonyl (C=O) groups is 1. The first-order valence-corrected chi connectivity index (χ1v) is 7.42. The standard InChI is InChI=1S/C18H21NO3/c1-3-4-17(18(20)21)19-14-7-11-16(12-8-14)22-15-9-5-13(2)6-10-15/h5-12,17,19H,3-4H2,1-2H3,(H,20,21)/t17-/m0/s1. The third kappa shape index (κ3) is 4.52. The van der Waals surface area contributed by atoms with Gasteiger partial charge in [-0.15, -0.1) is 0 Å². The number of aliphatic carboxylic acids is 1. The normalized spacial score (nSPS) is 11.7. The highest BCUT2D eigenvalue weighted by atomic mass is 16.5. The molecule has 2 aromatic rings. The summed E-state index contributed by atoms with van der Waals surface area (Å²) in [5, 5.41) is 12.2. The molecule has 0 spiro atoms. The van der Waals surface area contributed by atoms with Gasteiger partial charge in [0.2, 0.25) is 0 Å². The Kier molecular flexibility index (Phi) is 5.42. The summed E-state index contributed by atoms with van der Waals surface area (Å²) in [4.78, 5) is 11.1. The molecule has 22 heavy (non-hydrogen) atoms. The highest BCUT2D eigenvalue weighted by Gasteiger charge is 2.15. The average Bonchev–Trinajstić information content (AvgIpc) is 2.51. The van der Waals surface area contributed by atoms with Gasteiger partial charge in [0.05, 0.1) is 0 Å². The Morgan fingerprint density at radius 1 is 1.09 bits per heavy atom.